The summed E-state index contributed by atoms with van der Waals surface area (Å²) >= 11 is 0. The van der Waals surface area contributed by atoms with Gasteiger partial charge in [0.25, 0.3) is 0 Å². The average molecular weight is 567 g/mol. The highest BCUT2D eigenvalue weighted by molar-refractivity contribution is 6.90. The largest absolute Gasteiger partial charge is 0.481 e. The second-order valence-electron chi connectivity index (χ2n) is 11.8. The lowest BCUT2D eigenvalue weighted by atomic mass is 9.83. The third-order valence-corrected chi connectivity index (χ3v) is 16.4. The number of hydrogen-bond acceptors (Lipinski definition) is 8. The van der Waals surface area contributed by atoms with Gasteiger partial charge >= 0.3 is 26.7 Å². The van der Waals surface area contributed by atoms with Crippen molar-refractivity contribution < 1.29 is 41.3 Å². The molecule has 0 aliphatic rings. The minimum Gasteiger partial charge on any atom is -0.481 e. The van der Waals surface area contributed by atoms with Crippen LogP contribution in [0.5, 0.6) is 0 Å². The molecule has 0 spiro atoms. The third-order valence-electron chi connectivity index (χ3n) is 4.34. The van der Waals surface area contributed by atoms with E-state index >= 15 is 0 Å². The second kappa shape index (κ2) is 13.4. The Labute approximate surface area is 215 Å². The lowest BCUT2D eigenvalue weighted by Crippen LogP contribution is -2.60. The van der Waals surface area contributed by atoms with Gasteiger partial charge in [-0.2, -0.15) is 0 Å². The van der Waals surface area contributed by atoms with Gasteiger partial charge in [0.1, 0.15) is 0 Å². The zero-order chi connectivity index (χ0) is 27.7. The number of aliphatic carboxylic acids is 1. The molecule has 0 aromatic carbocycles. The molecule has 204 valence electrons. The fourth-order valence-corrected chi connectivity index (χ4v) is 17.9. The standard InChI is InChI=1S/C22H46O9Si4/c1-12-20(25)27-16-14-22(2,18-19(23)24)21(26)28-15-13-17-35(29-32(3,4)5,30-33(6,7)8)31-34(9,10)11/h12H,1,13-18H2,2-11H3,(H,23,24). The smallest absolute Gasteiger partial charge is 0.469 e. The van der Waals surface area contributed by atoms with E-state index in [-0.39, 0.29) is 19.6 Å². The molecule has 0 radical (unpaired) electrons. The van der Waals surface area contributed by atoms with Crippen LogP contribution in [-0.4, -0.2) is 70.0 Å². The lowest BCUT2D eigenvalue weighted by Gasteiger charge is -2.42. The molecule has 0 aromatic heterocycles. The number of ether oxygens (including phenoxy) is 2. The number of esters is 2. The highest BCUT2D eigenvalue weighted by atomic mass is 28.5. The van der Waals surface area contributed by atoms with Crippen molar-refractivity contribution in [3.63, 3.8) is 0 Å². The van der Waals surface area contributed by atoms with Crippen LogP contribution < -0.4 is 0 Å². The van der Waals surface area contributed by atoms with Crippen molar-refractivity contribution in [3.05, 3.63) is 12.7 Å². The maximum Gasteiger partial charge on any atom is 0.469 e. The monoisotopic (exact) mass is 566 g/mol. The summed E-state index contributed by atoms with van der Waals surface area (Å²) in [7, 11) is -9.10. The molecule has 1 N–H and O–H groups in total. The maximum atomic E-state index is 12.8. The molecule has 1 unspecified atom stereocenters. The first-order chi connectivity index (χ1) is 15.6. The van der Waals surface area contributed by atoms with Crippen molar-refractivity contribution in [1.29, 1.82) is 0 Å². The first kappa shape index (κ1) is 33.9. The van der Waals surface area contributed by atoms with E-state index in [9.17, 15) is 19.5 Å². The normalized spacial score (nSPS) is 14.7. The molecule has 0 saturated carbocycles. The van der Waals surface area contributed by atoms with E-state index in [0.717, 1.165) is 6.08 Å². The Morgan fingerprint density at radius 2 is 1.29 bits per heavy atom. The molecule has 0 aliphatic carbocycles. The van der Waals surface area contributed by atoms with E-state index < -0.39 is 63.5 Å². The first-order valence-corrected chi connectivity index (χ1v) is 24.1. The highest BCUT2D eigenvalue weighted by Crippen LogP contribution is 2.31. The van der Waals surface area contributed by atoms with Crippen molar-refractivity contribution in [2.75, 3.05) is 13.2 Å². The van der Waals surface area contributed by atoms with Crippen molar-refractivity contribution in [1.82, 2.24) is 0 Å². The van der Waals surface area contributed by atoms with Crippen LogP contribution in [-0.2, 0) is 36.2 Å². The Morgan fingerprint density at radius 1 is 0.829 bits per heavy atom. The van der Waals surface area contributed by atoms with Crippen molar-refractivity contribution in [2.45, 2.75) is 91.2 Å². The molecule has 0 aliphatic heterocycles. The number of carboxylic acids is 1. The zero-order valence-corrected chi connectivity index (χ0v) is 27.2. The van der Waals surface area contributed by atoms with E-state index in [1.165, 1.54) is 6.92 Å². The van der Waals surface area contributed by atoms with Crippen molar-refractivity contribution >= 4 is 51.7 Å². The fraction of sp³-hybridized carbons (Fsp3) is 0.773. The molecular formula is C22H46O9Si4. The summed E-state index contributed by atoms with van der Waals surface area (Å²) in [4.78, 5) is 35.5. The second-order valence-corrected chi connectivity index (χ2v) is 28.8. The summed E-state index contributed by atoms with van der Waals surface area (Å²) in [5.74, 6) is -2.42. The predicted octanol–water partition coefficient (Wildman–Crippen LogP) is 5.01. The SMILES string of the molecule is C=CC(=O)OCCC(C)(CC(=O)O)C(=O)OCCC[Si](O[Si](C)(C)C)(O[Si](C)(C)C)O[Si](C)(C)C. The van der Waals surface area contributed by atoms with Gasteiger partial charge in [-0.15, -0.1) is 0 Å². The molecule has 0 rings (SSSR count). The molecule has 35 heavy (non-hydrogen) atoms. The van der Waals surface area contributed by atoms with Gasteiger partial charge in [-0.05, 0) is 78.7 Å². The minimum atomic E-state index is -3.05. The van der Waals surface area contributed by atoms with Crippen LogP contribution in [0.1, 0.15) is 26.2 Å². The van der Waals surface area contributed by atoms with Gasteiger partial charge < -0.3 is 26.9 Å². The molecule has 0 heterocycles. The van der Waals surface area contributed by atoms with Crippen molar-refractivity contribution in [3.8, 4) is 0 Å². The summed E-state index contributed by atoms with van der Waals surface area (Å²) in [6, 6.07) is 0.506. The highest BCUT2D eigenvalue weighted by Gasteiger charge is 2.49. The predicted molar refractivity (Wildman–Crippen MR) is 146 cm³/mol. The minimum absolute atomic E-state index is 0.0204. The van der Waals surface area contributed by atoms with Crippen LogP contribution in [0.2, 0.25) is 65.0 Å². The van der Waals surface area contributed by atoms with E-state index in [1.807, 2.05) is 0 Å². The zero-order valence-electron chi connectivity index (χ0n) is 23.2. The van der Waals surface area contributed by atoms with E-state index in [2.05, 4.69) is 65.5 Å². The molecular weight excluding hydrogens is 521 g/mol. The van der Waals surface area contributed by atoms with Crippen molar-refractivity contribution in [2.24, 2.45) is 5.41 Å². The Bertz CT molecular complexity index is 698. The quantitative estimate of drug-likeness (QED) is 0.112. The van der Waals surface area contributed by atoms with E-state index in [0.29, 0.717) is 12.5 Å². The summed E-state index contributed by atoms with van der Waals surface area (Å²) in [5.41, 5.74) is -1.33. The molecule has 1 atom stereocenters. The van der Waals surface area contributed by atoms with Gasteiger partial charge in [-0.1, -0.05) is 6.58 Å². The summed E-state index contributed by atoms with van der Waals surface area (Å²) in [6.45, 7) is 23.7. The van der Waals surface area contributed by atoms with Crippen LogP contribution in [0.4, 0.5) is 0 Å². The lowest BCUT2D eigenvalue weighted by molar-refractivity contribution is -0.162. The van der Waals surface area contributed by atoms with E-state index in [4.69, 9.17) is 21.8 Å². The Hall–Kier alpha value is -1.10. The van der Waals surface area contributed by atoms with Crippen LogP contribution >= 0.6 is 0 Å². The van der Waals surface area contributed by atoms with Crippen LogP contribution in [0.25, 0.3) is 0 Å². The summed E-state index contributed by atoms with van der Waals surface area (Å²) in [5, 5.41) is 9.29. The number of rotatable bonds is 17. The maximum absolute atomic E-state index is 12.8. The topological polar surface area (TPSA) is 118 Å². The molecule has 0 fully saturated rings. The van der Waals surface area contributed by atoms with Gasteiger partial charge in [0.05, 0.1) is 25.0 Å². The van der Waals surface area contributed by atoms with Gasteiger partial charge in [0.15, 0.2) is 25.0 Å². The number of carbonyl (C=O) groups excluding carboxylic acids is 2. The average Bonchev–Trinajstić information content (AvgIpc) is 2.59. The van der Waals surface area contributed by atoms with Gasteiger partial charge in [0.2, 0.25) is 0 Å². The van der Waals surface area contributed by atoms with Crippen LogP contribution in [0, 0.1) is 5.41 Å². The molecule has 0 amide bonds. The molecule has 0 bridgehead atoms. The Morgan fingerprint density at radius 3 is 1.66 bits per heavy atom. The Balaban J connectivity index is 5.45. The van der Waals surface area contributed by atoms with Gasteiger partial charge in [-0.3, -0.25) is 9.59 Å². The Kier molecular flexibility index (Phi) is 13.0. The first-order valence-electron chi connectivity index (χ1n) is 11.9. The number of carboxylic acid groups (broad SMARTS) is 1. The van der Waals surface area contributed by atoms with E-state index in [1.54, 1.807) is 0 Å². The van der Waals surface area contributed by atoms with Crippen LogP contribution in [0.3, 0.4) is 0 Å². The van der Waals surface area contributed by atoms with Gasteiger partial charge in [-0.25, -0.2) is 4.79 Å². The fourth-order valence-electron chi connectivity index (χ4n) is 3.28. The molecule has 0 aromatic rings. The van der Waals surface area contributed by atoms with Gasteiger partial charge in [0, 0.05) is 12.1 Å². The molecule has 9 nitrogen and oxygen atoms in total. The summed E-state index contributed by atoms with van der Waals surface area (Å²) < 4.78 is 30.3. The molecule has 13 heteroatoms. The summed E-state index contributed by atoms with van der Waals surface area (Å²) in [6.07, 6.45) is 1.06. The van der Waals surface area contributed by atoms with Crippen LogP contribution in [0.15, 0.2) is 12.7 Å². The number of carbonyl (C=O) groups is 3. The number of hydrogen-bond donors (Lipinski definition) is 1. The molecule has 0 saturated heterocycles. The third kappa shape index (κ3) is 15.6.